The van der Waals surface area contributed by atoms with Crippen LogP contribution in [-0.4, -0.2) is 51.1 Å². The molecule has 25 heavy (non-hydrogen) atoms. The van der Waals surface area contributed by atoms with E-state index in [-0.39, 0.29) is 11.8 Å². The van der Waals surface area contributed by atoms with Gasteiger partial charge in [-0.1, -0.05) is 0 Å². The van der Waals surface area contributed by atoms with E-state index in [1.165, 1.54) is 0 Å². The van der Waals surface area contributed by atoms with Gasteiger partial charge < -0.3 is 10.2 Å². The average molecular weight is 358 g/mol. The third-order valence-electron chi connectivity index (χ3n) is 4.24. The maximum absolute atomic E-state index is 12.6. The molecule has 0 saturated carbocycles. The summed E-state index contributed by atoms with van der Waals surface area (Å²) in [6, 6.07) is 5.42. The Morgan fingerprint density at radius 1 is 1.24 bits per heavy atom. The van der Waals surface area contributed by atoms with E-state index < -0.39 is 0 Å². The molecule has 6 nitrogen and oxygen atoms in total. The van der Waals surface area contributed by atoms with Gasteiger partial charge in [-0.05, 0) is 37.6 Å². The molecule has 3 rings (SSSR count). The Morgan fingerprint density at radius 2 is 2.00 bits per heavy atom. The Hall–Kier alpha value is -2.28. The summed E-state index contributed by atoms with van der Waals surface area (Å²) >= 11 is 1.88. The number of amides is 2. The minimum atomic E-state index is -0.199. The van der Waals surface area contributed by atoms with Crippen molar-refractivity contribution in [3.63, 3.8) is 0 Å². The second-order valence-corrected chi connectivity index (χ2v) is 7.20. The van der Waals surface area contributed by atoms with Crippen LogP contribution in [0.1, 0.15) is 33.2 Å². The number of carbonyl (C=O) groups is 2. The quantitative estimate of drug-likeness (QED) is 0.912. The fourth-order valence-corrected chi connectivity index (χ4v) is 3.64. The molecule has 0 aliphatic carbocycles. The Kier molecular flexibility index (Phi) is 5.43. The van der Waals surface area contributed by atoms with Crippen LogP contribution >= 0.6 is 11.8 Å². The van der Waals surface area contributed by atoms with E-state index >= 15 is 0 Å². The number of anilines is 1. The van der Waals surface area contributed by atoms with E-state index in [0.29, 0.717) is 16.8 Å². The molecule has 2 heterocycles. The van der Waals surface area contributed by atoms with Gasteiger partial charge in [0.1, 0.15) is 0 Å². The Balaban J connectivity index is 1.71. The first-order chi connectivity index (χ1) is 12.1. The highest BCUT2D eigenvalue weighted by Crippen LogP contribution is 2.20. The topological polar surface area (TPSA) is 67.2 Å². The van der Waals surface area contributed by atoms with Crippen molar-refractivity contribution in [1.29, 1.82) is 0 Å². The molecule has 1 aliphatic heterocycles. The van der Waals surface area contributed by atoms with Gasteiger partial charge in [0.15, 0.2) is 0 Å². The molecular formula is C18H22N4O2S. The molecule has 2 aromatic rings. The van der Waals surface area contributed by atoms with E-state index in [1.54, 1.807) is 29.2 Å². The monoisotopic (exact) mass is 358 g/mol. The number of benzene rings is 1. The number of aryl methyl sites for hydroxylation is 2. The number of thioether (sulfide) groups is 1. The smallest absolute Gasteiger partial charge is 0.258 e. The summed E-state index contributed by atoms with van der Waals surface area (Å²) in [4.78, 5) is 26.8. The largest absolute Gasteiger partial charge is 0.337 e. The van der Waals surface area contributed by atoms with Gasteiger partial charge in [0.2, 0.25) is 0 Å². The molecule has 1 fully saturated rings. The second-order valence-electron chi connectivity index (χ2n) is 5.97. The van der Waals surface area contributed by atoms with Crippen molar-refractivity contribution in [2.45, 2.75) is 20.4 Å². The standard InChI is InChI=1S/C18H22N4O2S/c1-3-22-12-15(11-19-22)17(23)20-16-5-4-14(10-13(16)2)18(24)21-6-8-25-9-7-21/h4-5,10-12H,3,6-9H2,1-2H3,(H,20,23). The summed E-state index contributed by atoms with van der Waals surface area (Å²) in [7, 11) is 0. The minimum Gasteiger partial charge on any atom is -0.337 e. The summed E-state index contributed by atoms with van der Waals surface area (Å²) in [5.41, 5.74) is 2.77. The zero-order chi connectivity index (χ0) is 17.8. The van der Waals surface area contributed by atoms with Crippen LogP contribution in [0.25, 0.3) is 0 Å². The zero-order valence-electron chi connectivity index (χ0n) is 14.5. The molecule has 132 valence electrons. The molecule has 7 heteroatoms. The Morgan fingerprint density at radius 3 is 2.64 bits per heavy atom. The van der Waals surface area contributed by atoms with Crippen LogP contribution < -0.4 is 5.32 Å². The van der Waals surface area contributed by atoms with Crippen LogP contribution in [0.4, 0.5) is 5.69 Å². The van der Waals surface area contributed by atoms with Crippen molar-refractivity contribution < 1.29 is 9.59 Å². The maximum atomic E-state index is 12.6. The second kappa shape index (κ2) is 7.74. The average Bonchev–Trinajstić information content (AvgIpc) is 3.13. The van der Waals surface area contributed by atoms with Gasteiger partial charge >= 0.3 is 0 Å². The predicted molar refractivity (Wildman–Crippen MR) is 100 cm³/mol. The Labute approximate surface area is 151 Å². The molecule has 1 saturated heterocycles. The SMILES string of the molecule is CCn1cc(C(=O)Nc2ccc(C(=O)N3CCSCC3)cc2C)cn1. The van der Waals surface area contributed by atoms with Gasteiger partial charge in [0, 0.05) is 48.6 Å². The summed E-state index contributed by atoms with van der Waals surface area (Å²) in [6.45, 7) is 6.17. The summed E-state index contributed by atoms with van der Waals surface area (Å²) < 4.78 is 1.71. The van der Waals surface area contributed by atoms with E-state index in [2.05, 4.69) is 10.4 Å². The van der Waals surface area contributed by atoms with E-state index in [1.807, 2.05) is 36.6 Å². The minimum absolute atomic E-state index is 0.0606. The van der Waals surface area contributed by atoms with Crippen molar-refractivity contribution in [3.8, 4) is 0 Å². The van der Waals surface area contributed by atoms with Crippen molar-refractivity contribution in [3.05, 3.63) is 47.3 Å². The van der Waals surface area contributed by atoms with Gasteiger partial charge in [-0.25, -0.2) is 0 Å². The number of hydrogen-bond donors (Lipinski definition) is 1. The summed E-state index contributed by atoms with van der Waals surface area (Å²) in [5.74, 6) is 1.84. The van der Waals surface area contributed by atoms with Crippen LogP contribution in [0.3, 0.4) is 0 Å². The highest BCUT2D eigenvalue weighted by molar-refractivity contribution is 7.99. The summed E-state index contributed by atoms with van der Waals surface area (Å²) in [5, 5.41) is 7.00. The molecule has 2 amide bonds. The fraction of sp³-hybridized carbons (Fsp3) is 0.389. The zero-order valence-corrected chi connectivity index (χ0v) is 15.3. The third kappa shape index (κ3) is 4.04. The van der Waals surface area contributed by atoms with Crippen molar-refractivity contribution in [2.24, 2.45) is 0 Å². The predicted octanol–water partition coefficient (Wildman–Crippen LogP) is 2.65. The number of rotatable bonds is 4. The molecule has 0 bridgehead atoms. The van der Waals surface area contributed by atoms with Gasteiger partial charge in [-0.15, -0.1) is 0 Å². The molecule has 0 unspecified atom stereocenters. The Bertz CT molecular complexity index is 781. The van der Waals surface area contributed by atoms with Crippen molar-refractivity contribution in [1.82, 2.24) is 14.7 Å². The van der Waals surface area contributed by atoms with Crippen LogP contribution in [0.15, 0.2) is 30.6 Å². The van der Waals surface area contributed by atoms with E-state index in [0.717, 1.165) is 36.7 Å². The van der Waals surface area contributed by atoms with E-state index in [9.17, 15) is 9.59 Å². The number of hydrogen-bond acceptors (Lipinski definition) is 4. The molecule has 1 aromatic heterocycles. The fourth-order valence-electron chi connectivity index (χ4n) is 2.73. The highest BCUT2D eigenvalue weighted by atomic mass is 32.2. The molecule has 1 aliphatic rings. The van der Waals surface area contributed by atoms with E-state index in [4.69, 9.17) is 0 Å². The first-order valence-corrected chi connectivity index (χ1v) is 9.55. The van der Waals surface area contributed by atoms with Gasteiger partial charge in [0.25, 0.3) is 11.8 Å². The normalized spacial score (nSPS) is 14.4. The van der Waals surface area contributed by atoms with Gasteiger partial charge in [-0.3, -0.25) is 14.3 Å². The molecule has 0 spiro atoms. The van der Waals surface area contributed by atoms with Crippen LogP contribution in [0.5, 0.6) is 0 Å². The number of nitrogens with one attached hydrogen (secondary N) is 1. The lowest BCUT2D eigenvalue weighted by Crippen LogP contribution is -2.37. The molecule has 1 aromatic carbocycles. The van der Waals surface area contributed by atoms with Crippen molar-refractivity contribution in [2.75, 3.05) is 29.9 Å². The van der Waals surface area contributed by atoms with Gasteiger partial charge in [0.05, 0.1) is 11.8 Å². The third-order valence-corrected chi connectivity index (χ3v) is 5.18. The lowest BCUT2D eigenvalue weighted by atomic mass is 10.1. The van der Waals surface area contributed by atoms with Crippen LogP contribution in [-0.2, 0) is 6.54 Å². The maximum Gasteiger partial charge on any atom is 0.258 e. The summed E-state index contributed by atoms with van der Waals surface area (Å²) in [6.07, 6.45) is 3.28. The highest BCUT2D eigenvalue weighted by Gasteiger charge is 2.19. The first-order valence-electron chi connectivity index (χ1n) is 8.40. The molecule has 1 N–H and O–H groups in total. The molecular weight excluding hydrogens is 336 g/mol. The molecule has 0 atom stereocenters. The molecule has 0 radical (unpaired) electrons. The van der Waals surface area contributed by atoms with Crippen LogP contribution in [0, 0.1) is 6.92 Å². The van der Waals surface area contributed by atoms with Crippen LogP contribution in [0.2, 0.25) is 0 Å². The number of nitrogens with zero attached hydrogens (tertiary/aromatic N) is 3. The lowest BCUT2D eigenvalue weighted by molar-refractivity contribution is 0.0772. The number of aromatic nitrogens is 2. The van der Waals surface area contributed by atoms with Crippen molar-refractivity contribution >= 4 is 29.3 Å². The van der Waals surface area contributed by atoms with Gasteiger partial charge in [-0.2, -0.15) is 16.9 Å². The first kappa shape index (κ1) is 17.5. The number of carbonyl (C=O) groups excluding carboxylic acids is 2. The lowest BCUT2D eigenvalue weighted by Gasteiger charge is -2.26.